The van der Waals surface area contributed by atoms with E-state index in [0.717, 1.165) is 0 Å². The average Bonchev–Trinajstić information content (AvgIpc) is 2.86. The van der Waals surface area contributed by atoms with Crippen molar-refractivity contribution in [1.82, 2.24) is 4.90 Å². The number of nitrogens with zero attached hydrogens (tertiary/aromatic N) is 2. The third-order valence-electron chi connectivity index (χ3n) is 3.97. The zero-order valence-corrected chi connectivity index (χ0v) is 11.5. The largest absolute Gasteiger partial charge is 0.373 e. The first-order chi connectivity index (χ1) is 8.21. The average molecular weight is 232 g/mol. The number of hydrogen-bond acceptors (Lipinski definition) is 2. The number of anilines is 1. The quantitative estimate of drug-likeness (QED) is 0.678. The summed E-state index contributed by atoms with van der Waals surface area (Å²) in [6, 6.07) is 8.89. The van der Waals surface area contributed by atoms with Crippen LogP contribution in [0.3, 0.4) is 0 Å². The fraction of sp³-hybridized carbons (Fsp3) is 0.600. The van der Waals surface area contributed by atoms with Crippen LogP contribution in [0.15, 0.2) is 24.3 Å². The highest BCUT2D eigenvalue weighted by Crippen LogP contribution is 2.44. The van der Waals surface area contributed by atoms with Gasteiger partial charge in [-0.2, -0.15) is 0 Å². The summed E-state index contributed by atoms with van der Waals surface area (Å²) >= 11 is 0. The van der Waals surface area contributed by atoms with Crippen molar-refractivity contribution in [2.75, 3.05) is 38.6 Å². The number of fused-ring (bicyclic) bond motifs is 2. The molecule has 0 aliphatic carbocycles. The van der Waals surface area contributed by atoms with Crippen LogP contribution in [0.5, 0.6) is 0 Å². The fourth-order valence-electron chi connectivity index (χ4n) is 3.31. The summed E-state index contributed by atoms with van der Waals surface area (Å²) in [7, 11) is 4.45. The SMILES string of the molecule is CC.CN1CCC2(C1)CN(C)c1ccccc12. The zero-order chi connectivity index (χ0) is 12.5. The van der Waals surface area contributed by atoms with Gasteiger partial charge in [-0.15, -0.1) is 0 Å². The molecule has 17 heavy (non-hydrogen) atoms. The molecule has 1 aromatic rings. The fourth-order valence-corrected chi connectivity index (χ4v) is 3.31. The molecular formula is C15H24N2. The normalized spacial score (nSPS) is 26.9. The van der Waals surface area contributed by atoms with E-state index >= 15 is 0 Å². The molecule has 1 spiro atoms. The number of benzene rings is 1. The van der Waals surface area contributed by atoms with Gasteiger partial charge >= 0.3 is 0 Å². The van der Waals surface area contributed by atoms with E-state index in [1.54, 1.807) is 5.56 Å². The van der Waals surface area contributed by atoms with Gasteiger partial charge in [0.2, 0.25) is 0 Å². The number of hydrogen-bond donors (Lipinski definition) is 0. The molecule has 94 valence electrons. The predicted molar refractivity (Wildman–Crippen MR) is 74.9 cm³/mol. The Bertz CT molecular complexity index is 388. The lowest BCUT2D eigenvalue weighted by molar-refractivity contribution is 0.378. The minimum atomic E-state index is 0.417. The van der Waals surface area contributed by atoms with Crippen molar-refractivity contribution in [2.45, 2.75) is 25.7 Å². The molecule has 0 saturated carbocycles. The van der Waals surface area contributed by atoms with Crippen LogP contribution >= 0.6 is 0 Å². The van der Waals surface area contributed by atoms with Gasteiger partial charge in [-0.05, 0) is 31.6 Å². The van der Waals surface area contributed by atoms with Crippen LogP contribution in [0.2, 0.25) is 0 Å². The highest BCUT2D eigenvalue weighted by Gasteiger charge is 2.44. The van der Waals surface area contributed by atoms with Crippen LogP contribution in [-0.2, 0) is 5.41 Å². The van der Waals surface area contributed by atoms with Crippen LogP contribution in [0.1, 0.15) is 25.8 Å². The van der Waals surface area contributed by atoms with Gasteiger partial charge in [0.25, 0.3) is 0 Å². The van der Waals surface area contributed by atoms with Gasteiger partial charge in [0.15, 0.2) is 0 Å². The van der Waals surface area contributed by atoms with Crippen LogP contribution in [0, 0.1) is 0 Å². The molecule has 1 aromatic carbocycles. The molecular weight excluding hydrogens is 208 g/mol. The number of rotatable bonds is 0. The lowest BCUT2D eigenvalue weighted by atomic mass is 9.82. The van der Waals surface area contributed by atoms with Gasteiger partial charge in [-0.3, -0.25) is 0 Å². The van der Waals surface area contributed by atoms with Crippen molar-refractivity contribution in [1.29, 1.82) is 0 Å². The van der Waals surface area contributed by atoms with E-state index < -0.39 is 0 Å². The summed E-state index contributed by atoms with van der Waals surface area (Å²) in [5.74, 6) is 0. The second-order valence-corrected chi connectivity index (χ2v) is 5.14. The minimum Gasteiger partial charge on any atom is -0.373 e. The maximum Gasteiger partial charge on any atom is 0.0403 e. The molecule has 1 atom stereocenters. The molecule has 2 nitrogen and oxygen atoms in total. The van der Waals surface area contributed by atoms with Crippen molar-refractivity contribution in [2.24, 2.45) is 0 Å². The lowest BCUT2D eigenvalue weighted by Gasteiger charge is -2.24. The van der Waals surface area contributed by atoms with E-state index in [4.69, 9.17) is 0 Å². The molecule has 2 aliphatic heterocycles. The number of likely N-dealkylation sites (N-methyl/N-ethyl adjacent to an activating group) is 2. The van der Waals surface area contributed by atoms with Gasteiger partial charge in [0.1, 0.15) is 0 Å². The molecule has 3 rings (SSSR count). The van der Waals surface area contributed by atoms with E-state index in [9.17, 15) is 0 Å². The van der Waals surface area contributed by atoms with Gasteiger partial charge in [0, 0.05) is 31.2 Å². The first-order valence-corrected chi connectivity index (χ1v) is 6.70. The number of likely N-dealkylation sites (tertiary alicyclic amines) is 1. The molecule has 1 unspecified atom stereocenters. The van der Waals surface area contributed by atoms with E-state index in [-0.39, 0.29) is 0 Å². The van der Waals surface area contributed by atoms with Gasteiger partial charge in [0.05, 0.1) is 0 Å². The Morgan fingerprint density at radius 3 is 2.41 bits per heavy atom. The van der Waals surface area contributed by atoms with Crippen LogP contribution in [0.4, 0.5) is 5.69 Å². The maximum absolute atomic E-state index is 2.45. The Labute approximate surface area is 105 Å². The third-order valence-corrected chi connectivity index (χ3v) is 3.97. The molecule has 0 N–H and O–H groups in total. The van der Waals surface area contributed by atoms with Gasteiger partial charge in [-0.25, -0.2) is 0 Å². The first kappa shape index (κ1) is 12.4. The van der Waals surface area contributed by atoms with Crippen molar-refractivity contribution in [3.05, 3.63) is 29.8 Å². The van der Waals surface area contributed by atoms with Crippen LogP contribution in [-0.4, -0.2) is 38.6 Å². The van der Waals surface area contributed by atoms with E-state index in [1.165, 1.54) is 31.7 Å². The standard InChI is InChI=1S/C13H18N2.C2H6/c1-14-8-7-13(9-14)10-15(2)12-6-4-3-5-11(12)13;1-2/h3-6H,7-10H2,1-2H3;1-2H3. The van der Waals surface area contributed by atoms with Crippen molar-refractivity contribution >= 4 is 5.69 Å². The Morgan fingerprint density at radius 2 is 1.76 bits per heavy atom. The lowest BCUT2D eigenvalue weighted by Crippen LogP contribution is -2.34. The summed E-state index contributed by atoms with van der Waals surface area (Å²) < 4.78 is 0. The summed E-state index contributed by atoms with van der Waals surface area (Å²) in [5, 5.41) is 0. The topological polar surface area (TPSA) is 6.48 Å². The number of para-hydroxylation sites is 1. The smallest absolute Gasteiger partial charge is 0.0403 e. The molecule has 0 bridgehead atoms. The van der Waals surface area contributed by atoms with Gasteiger partial charge < -0.3 is 9.80 Å². The molecule has 1 saturated heterocycles. The predicted octanol–water partition coefficient (Wildman–Crippen LogP) is 2.74. The molecule has 2 heterocycles. The van der Waals surface area contributed by atoms with Crippen molar-refractivity contribution in [3.8, 4) is 0 Å². The van der Waals surface area contributed by atoms with Gasteiger partial charge in [-0.1, -0.05) is 32.0 Å². The van der Waals surface area contributed by atoms with Crippen LogP contribution < -0.4 is 4.90 Å². The van der Waals surface area contributed by atoms with Crippen LogP contribution in [0.25, 0.3) is 0 Å². The summed E-state index contributed by atoms with van der Waals surface area (Å²) in [4.78, 5) is 4.87. The summed E-state index contributed by atoms with van der Waals surface area (Å²) in [6.07, 6.45) is 1.31. The Hall–Kier alpha value is -1.02. The highest BCUT2D eigenvalue weighted by molar-refractivity contribution is 5.62. The first-order valence-electron chi connectivity index (χ1n) is 6.70. The molecule has 0 radical (unpaired) electrons. The van der Waals surface area contributed by atoms with Crippen molar-refractivity contribution in [3.63, 3.8) is 0 Å². The molecule has 1 fully saturated rings. The second-order valence-electron chi connectivity index (χ2n) is 5.14. The van der Waals surface area contributed by atoms with E-state index in [1.807, 2.05) is 13.8 Å². The maximum atomic E-state index is 2.45. The highest BCUT2D eigenvalue weighted by atomic mass is 15.2. The summed E-state index contributed by atoms with van der Waals surface area (Å²) in [6.45, 7) is 7.65. The second kappa shape index (κ2) is 4.69. The van der Waals surface area contributed by atoms with E-state index in [2.05, 4.69) is 48.2 Å². The Balaban J connectivity index is 0.000000514. The Kier molecular flexibility index (Phi) is 3.43. The molecule has 0 aromatic heterocycles. The van der Waals surface area contributed by atoms with Crippen molar-refractivity contribution < 1.29 is 0 Å². The summed E-state index contributed by atoms with van der Waals surface area (Å²) in [5.41, 5.74) is 3.42. The zero-order valence-electron chi connectivity index (χ0n) is 11.5. The monoisotopic (exact) mass is 232 g/mol. The Morgan fingerprint density at radius 1 is 1.06 bits per heavy atom. The van der Waals surface area contributed by atoms with E-state index in [0.29, 0.717) is 5.41 Å². The molecule has 0 amide bonds. The molecule has 2 aliphatic rings. The minimum absolute atomic E-state index is 0.417. The molecule has 2 heteroatoms. The third kappa shape index (κ3) is 1.95.